The number of benzene rings is 1. The number of carbonyl (C=O) groups excluding carboxylic acids is 3. The molecule has 0 radical (unpaired) electrons. The van der Waals surface area contributed by atoms with Crippen molar-refractivity contribution in [3.8, 4) is 0 Å². The number of sulfonamides is 1. The van der Waals surface area contributed by atoms with E-state index in [0.717, 1.165) is 0 Å². The van der Waals surface area contributed by atoms with Crippen LogP contribution in [0.4, 0.5) is 0 Å². The lowest BCUT2D eigenvalue weighted by Crippen LogP contribution is -2.46. The third kappa shape index (κ3) is 5.23. The summed E-state index contributed by atoms with van der Waals surface area (Å²) >= 11 is 0. The smallest absolute Gasteiger partial charge is 0.287 e. The van der Waals surface area contributed by atoms with Crippen LogP contribution in [-0.4, -0.2) is 63.3 Å². The molecule has 2 aromatic rings. The van der Waals surface area contributed by atoms with Gasteiger partial charge in [-0.3, -0.25) is 25.2 Å². The molecular weight excluding hydrogens is 416 g/mol. The monoisotopic (exact) mass is 436 g/mol. The molecule has 3 rings (SSSR count). The molecule has 0 saturated carbocycles. The van der Waals surface area contributed by atoms with Crippen LogP contribution in [0.3, 0.4) is 0 Å². The fraction of sp³-hybridized carbons (Fsp3) is 0.278. The lowest BCUT2D eigenvalue weighted by Gasteiger charge is -2.26. The van der Waals surface area contributed by atoms with Crippen LogP contribution >= 0.6 is 0 Å². The number of ether oxygens (including phenoxy) is 1. The first-order valence-corrected chi connectivity index (χ1v) is 10.4. The second-order valence-corrected chi connectivity index (χ2v) is 8.14. The van der Waals surface area contributed by atoms with Gasteiger partial charge >= 0.3 is 0 Å². The maximum absolute atomic E-state index is 12.7. The Morgan fingerprint density at radius 1 is 1.00 bits per heavy atom. The van der Waals surface area contributed by atoms with E-state index < -0.39 is 34.3 Å². The van der Waals surface area contributed by atoms with Crippen molar-refractivity contribution in [1.82, 2.24) is 20.5 Å². The van der Waals surface area contributed by atoms with Crippen LogP contribution in [0.25, 0.3) is 0 Å². The summed E-state index contributed by atoms with van der Waals surface area (Å²) in [5, 5.41) is 2.32. The van der Waals surface area contributed by atoms with Gasteiger partial charge in [-0.2, -0.15) is 4.31 Å². The normalized spacial score (nSPS) is 14.7. The largest absolute Gasteiger partial charge is 0.459 e. The average molecular weight is 436 g/mol. The molecular formula is C18H20N4O7S. The second kappa shape index (κ2) is 9.52. The number of hydrogen-bond donors (Lipinski definition) is 3. The Kier molecular flexibility index (Phi) is 6.82. The van der Waals surface area contributed by atoms with Gasteiger partial charge in [0.05, 0.1) is 30.9 Å². The molecule has 0 bridgehead atoms. The molecule has 11 nitrogen and oxygen atoms in total. The van der Waals surface area contributed by atoms with Crippen molar-refractivity contribution in [2.24, 2.45) is 0 Å². The van der Waals surface area contributed by atoms with Crippen LogP contribution in [-0.2, 0) is 19.6 Å². The van der Waals surface area contributed by atoms with E-state index in [1.54, 1.807) is 0 Å². The van der Waals surface area contributed by atoms with Gasteiger partial charge in [-0.1, -0.05) is 6.07 Å². The van der Waals surface area contributed by atoms with Gasteiger partial charge in [-0.25, -0.2) is 8.42 Å². The van der Waals surface area contributed by atoms with Crippen molar-refractivity contribution < 1.29 is 32.0 Å². The summed E-state index contributed by atoms with van der Waals surface area (Å²) in [5.74, 6) is -1.92. The number of carbonyl (C=O) groups is 3. The molecule has 160 valence electrons. The number of nitrogens with one attached hydrogen (secondary N) is 3. The maximum atomic E-state index is 12.7. The lowest BCUT2D eigenvalue weighted by atomic mass is 10.2. The number of hydrogen-bond acceptors (Lipinski definition) is 7. The molecule has 0 spiro atoms. The summed E-state index contributed by atoms with van der Waals surface area (Å²) in [4.78, 5) is 35.7. The number of rotatable bonds is 6. The zero-order valence-corrected chi connectivity index (χ0v) is 16.6. The van der Waals surface area contributed by atoms with Gasteiger partial charge < -0.3 is 14.5 Å². The predicted molar refractivity (Wildman–Crippen MR) is 103 cm³/mol. The fourth-order valence-corrected chi connectivity index (χ4v) is 4.09. The number of morpholine rings is 1. The molecule has 1 aliphatic heterocycles. The predicted octanol–water partition coefficient (Wildman–Crippen LogP) is -0.508. The van der Waals surface area contributed by atoms with Crippen molar-refractivity contribution >= 4 is 27.7 Å². The van der Waals surface area contributed by atoms with Crippen LogP contribution in [0.5, 0.6) is 0 Å². The van der Waals surface area contributed by atoms with E-state index >= 15 is 0 Å². The van der Waals surface area contributed by atoms with E-state index in [-0.39, 0.29) is 29.3 Å². The Morgan fingerprint density at radius 2 is 1.77 bits per heavy atom. The van der Waals surface area contributed by atoms with Crippen LogP contribution < -0.4 is 16.2 Å². The number of nitrogens with zero attached hydrogens (tertiary/aromatic N) is 1. The minimum Gasteiger partial charge on any atom is -0.459 e. The van der Waals surface area contributed by atoms with Crippen LogP contribution in [0.2, 0.25) is 0 Å². The number of hydrazine groups is 1. The molecule has 0 unspecified atom stereocenters. The Hall–Kier alpha value is -3.22. The van der Waals surface area contributed by atoms with E-state index in [4.69, 9.17) is 9.15 Å². The zero-order chi connectivity index (χ0) is 21.6. The summed E-state index contributed by atoms with van der Waals surface area (Å²) in [6, 6.07) is 8.44. The summed E-state index contributed by atoms with van der Waals surface area (Å²) in [7, 11) is -3.76. The van der Waals surface area contributed by atoms with Crippen LogP contribution in [0, 0.1) is 0 Å². The molecule has 30 heavy (non-hydrogen) atoms. The highest BCUT2D eigenvalue weighted by atomic mass is 32.2. The average Bonchev–Trinajstić information content (AvgIpc) is 3.31. The maximum Gasteiger partial charge on any atom is 0.287 e. The molecule has 1 aromatic heterocycles. The number of furan rings is 1. The van der Waals surface area contributed by atoms with Gasteiger partial charge in [0, 0.05) is 18.7 Å². The molecule has 12 heteroatoms. The molecule has 2 heterocycles. The molecule has 1 saturated heterocycles. The van der Waals surface area contributed by atoms with Gasteiger partial charge in [-0.15, -0.1) is 0 Å². The molecule has 1 fully saturated rings. The van der Waals surface area contributed by atoms with Crippen molar-refractivity contribution in [1.29, 1.82) is 0 Å². The van der Waals surface area contributed by atoms with E-state index in [1.165, 1.54) is 47.0 Å². The molecule has 1 aliphatic rings. The van der Waals surface area contributed by atoms with Gasteiger partial charge in [-0.05, 0) is 30.3 Å². The van der Waals surface area contributed by atoms with E-state index in [0.29, 0.717) is 13.2 Å². The van der Waals surface area contributed by atoms with Crippen LogP contribution in [0.1, 0.15) is 20.9 Å². The van der Waals surface area contributed by atoms with Crippen LogP contribution in [0.15, 0.2) is 52.0 Å². The standard InChI is InChI=1S/C18H20N4O7S/c23-16(12-19-18(25)15-5-2-8-29-15)20-21-17(24)13-3-1-4-14(11-13)30(26,27)22-6-9-28-10-7-22/h1-5,8,11H,6-7,9-10,12H2,(H,19,25)(H,20,23)(H,21,24). The van der Waals surface area contributed by atoms with E-state index in [9.17, 15) is 22.8 Å². The number of amides is 3. The lowest BCUT2D eigenvalue weighted by molar-refractivity contribution is -0.120. The van der Waals surface area contributed by atoms with Crippen molar-refractivity contribution in [2.75, 3.05) is 32.8 Å². The molecule has 1 aromatic carbocycles. The summed E-state index contributed by atoms with van der Waals surface area (Å²) < 4.78 is 36.7. The third-order valence-corrected chi connectivity index (χ3v) is 6.07. The quantitative estimate of drug-likeness (QED) is 0.517. The highest BCUT2D eigenvalue weighted by Crippen LogP contribution is 2.18. The van der Waals surface area contributed by atoms with Crippen molar-refractivity contribution in [3.05, 3.63) is 54.0 Å². The minimum atomic E-state index is -3.76. The van der Waals surface area contributed by atoms with Gasteiger partial charge in [0.1, 0.15) is 0 Å². The SMILES string of the molecule is O=C(CNC(=O)c1ccco1)NNC(=O)c1cccc(S(=O)(=O)N2CCOCC2)c1. The minimum absolute atomic E-state index is 0.0333. The fourth-order valence-electron chi connectivity index (χ4n) is 2.63. The van der Waals surface area contributed by atoms with Gasteiger partial charge in [0.25, 0.3) is 17.7 Å². The Labute approximate surface area is 172 Å². The Balaban J connectivity index is 1.54. The molecule has 0 atom stereocenters. The molecule has 3 N–H and O–H groups in total. The molecule has 3 amide bonds. The van der Waals surface area contributed by atoms with Crippen molar-refractivity contribution in [3.63, 3.8) is 0 Å². The third-order valence-electron chi connectivity index (χ3n) is 4.17. The highest BCUT2D eigenvalue weighted by Gasteiger charge is 2.26. The zero-order valence-electron chi connectivity index (χ0n) is 15.8. The van der Waals surface area contributed by atoms with Crippen molar-refractivity contribution in [2.45, 2.75) is 4.90 Å². The van der Waals surface area contributed by atoms with E-state index in [1.807, 2.05) is 0 Å². The van der Waals surface area contributed by atoms with E-state index in [2.05, 4.69) is 16.2 Å². The Bertz CT molecular complexity index is 1010. The van der Waals surface area contributed by atoms with Gasteiger partial charge in [0.15, 0.2) is 5.76 Å². The molecule has 0 aliphatic carbocycles. The summed E-state index contributed by atoms with van der Waals surface area (Å²) in [5.41, 5.74) is 4.36. The second-order valence-electron chi connectivity index (χ2n) is 6.21. The Morgan fingerprint density at radius 3 is 2.47 bits per heavy atom. The highest BCUT2D eigenvalue weighted by molar-refractivity contribution is 7.89. The topological polar surface area (TPSA) is 147 Å². The first kappa shape index (κ1) is 21.5. The van der Waals surface area contributed by atoms with Gasteiger partial charge in [0.2, 0.25) is 10.0 Å². The first-order valence-electron chi connectivity index (χ1n) is 8.97. The summed E-state index contributed by atoms with van der Waals surface area (Å²) in [6.45, 7) is 0.687. The summed E-state index contributed by atoms with van der Waals surface area (Å²) in [6.07, 6.45) is 1.32. The first-order chi connectivity index (χ1) is 14.4.